The van der Waals surface area contributed by atoms with E-state index in [2.05, 4.69) is 141 Å². The summed E-state index contributed by atoms with van der Waals surface area (Å²) in [4.78, 5) is 13.5. The molecule has 0 radical (unpaired) electrons. The number of allylic oxidation sites excluding steroid dienone is 21. The topological polar surface area (TPSA) is 307 Å². The number of nitrogens with one attached hydrogen (secondary N) is 1. The summed E-state index contributed by atoms with van der Waals surface area (Å²) in [7, 11) is 0. The third-order valence-electron chi connectivity index (χ3n) is 19.2. The highest BCUT2D eigenvalue weighted by Gasteiger charge is 2.54. The first kappa shape index (κ1) is 94.1. The van der Waals surface area contributed by atoms with Gasteiger partial charge in [0.05, 0.1) is 38.6 Å². The van der Waals surface area contributed by atoms with Gasteiger partial charge in [-0.1, -0.05) is 289 Å². The van der Waals surface area contributed by atoms with Crippen molar-refractivity contribution in [1.29, 1.82) is 0 Å². The van der Waals surface area contributed by atoms with E-state index >= 15 is 0 Å². The summed E-state index contributed by atoms with van der Waals surface area (Å²) in [6.45, 7) is 1.59. The maximum atomic E-state index is 13.5. The summed E-state index contributed by atoms with van der Waals surface area (Å²) in [5, 5.41) is 121. The van der Waals surface area contributed by atoms with Gasteiger partial charge in [-0.15, -0.1) is 0 Å². The third-order valence-corrected chi connectivity index (χ3v) is 19.2. The number of unbranched alkanes of at least 4 members (excludes halogenated alkanes) is 26. The molecule has 17 atom stereocenters. The van der Waals surface area contributed by atoms with Crippen LogP contribution in [-0.4, -0.2) is 193 Å². The van der Waals surface area contributed by atoms with Crippen LogP contribution < -0.4 is 5.32 Å². The van der Waals surface area contributed by atoms with Crippen LogP contribution in [0.1, 0.15) is 264 Å². The van der Waals surface area contributed by atoms with Crippen LogP contribution in [0.3, 0.4) is 0 Å². The molecule has 3 aliphatic rings. The molecule has 1 amide bonds. The van der Waals surface area contributed by atoms with Crippen LogP contribution >= 0.6 is 0 Å². The van der Waals surface area contributed by atoms with Crippen molar-refractivity contribution in [2.24, 2.45) is 0 Å². The Kier molecular flexibility index (Phi) is 57.8. The van der Waals surface area contributed by atoms with Crippen LogP contribution in [-0.2, 0) is 33.2 Å². The SMILES string of the molecule is CC/C=C\C/C=C\C/C=C\C/C=C\C/C=C\C/C=C\C/C=C\C/C=C\C/C=C\CCCCCC(=O)NC(COC1OC(CO)C(OC2OC(CO)C(OC3OC(CO)C(O)C(O)C3O)C(O)C2O)C(O)C1O)C(O)/C=C/CC/C=C/CCCCCCCCCCCCCCCCCCCCCCCC. The lowest BCUT2D eigenvalue weighted by Crippen LogP contribution is -2.66. The van der Waals surface area contributed by atoms with Crippen molar-refractivity contribution in [3.63, 3.8) is 0 Å². The molecule has 0 bridgehead atoms. The van der Waals surface area contributed by atoms with E-state index in [-0.39, 0.29) is 18.9 Å². The summed E-state index contributed by atoms with van der Waals surface area (Å²) in [6.07, 6.45) is 64.3. The van der Waals surface area contributed by atoms with Crippen LogP contribution in [0.2, 0.25) is 0 Å². The number of rotatable bonds is 62. The van der Waals surface area contributed by atoms with Gasteiger partial charge in [-0.05, 0) is 103 Å². The molecule has 596 valence electrons. The first-order chi connectivity index (χ1) is 50.8. The fourth-order valence-corrected chi connectivity index (χ4v) is 12.7. The molecule has 0 saturated carbocycles. The molecule has 0 aromatic rings. The van der Waals surface area contributed by atoms with Crippen LogP contribution in [0.5, 0.6) is 0 Å². The molecule has 0 aromatic carbocycles. The van der Waals surface area contributed by atoms with E-state index in [0.717, 1.165) is 96.3 Å². The van der Waals surface area contributed by atoms with E-state index in [0.29, 0.717) is 12.8 Å². The zero-order chi connectivity index (χ0) is 75.3. The molecule has 19 nitrogen and oxygen atoms in total. The van der Waals surface area contributed by atoms with Gasteiger partial charge in [0.2, 0.25) is 5.91 Å². The van der Waals surface area contributed by atoms with E-state index in [1.54, 1.807) is 6.08 Å². The quantitative estimate of drug-likeness (QED) is 0.0199. The number of aliphatic hydroxyl groups is 11. The molecule has 104 heavy (non-hydrogen) atoms. The molecular weight excluding hydrogens is 1320 g/mol. The maximum absolute atomic E-state index is 13.5. The van der Waals surface area contributed by atoms with Gasteiger partial charge in [-0.3, -0.25) is 4.79 Å². The van der Waals surface area contributed by atoms with Gasteiger partial charge < -0.3 is 89.9 Å². The molecule has 12 N–H and O–H groups in total. The summed E-state index contributed by atoms with van der Waals surface area (Å²) in [6, 6.07) is -1.02. The third kappa shape index (κ3) is 43.2. The Balaban J connectivity index is 1.42. The molecule has 3 saturated heterocycles. The van der Waals surface area contributed by atoms with E-state index < -0.39 is 124 Å². The van der Waals surface area contributed by atoms with Crippen molar-refractivity contribution in [3.8, 4) is 0 Å². The minimum absolute atomic E-state index is 0.186. The highest BCUT2D eigenvalue weighted by Crippen LogP contribution is 2.33. The molecular formula is C85H143NO18. The highest BCUT2D eigenvalue weighted by atomic mass is 16.8. The van der Waals surface area contributed by atoms with Crippen molar-refractivity contribution in [1.82, 2.24) is 5.32 Å². The van der Waals surface area contributed by atoms with E-state index in [4.69, 9.17) is 28.4 Å². The van der Waals surface area contributed by atoms with Crippen LogP contribution in [0.25, 0.3) is 0 Å². The maximum Gasteiger partial charge on any atom is 0.220 e. The standard InChI is InChI=1S/C85H143NO18/c1-3-5-7-9-11-13-15-17-19-21-23-25-27-29-31-33-34-35-37-39-41-43-45-47-49-51-53-55-57-59-61-63-73(91)86-68(69(90)62-60-58-56-54-52-50-48-46-44-42-40-38-36-32-30-28-26-24-22-20-18-16-14-12-10-8-6-4-2)67-99-83-79(97)76(94)81(71(65-88)101-83)104-85-80(98)77(95)82(72(66-89)102-85)103-84-78(96)75(93)74(92)70(64-87)100-84/h5,7,11,13,17,19,23,25,29,31,34-35,39,41,45,47,51-54,60,62,68-72,74-85,87-90,92-98H,3-4,6,8-10,12,14-16,18,20-22,24,26-28,30,32-33,36-38,40,42-44,46,48-50,55-59,61,63-67H2,1-2H3,(H,86,91)/b7-5-,13-11-,19-17-,25-23-,31-29-,35-34-,41-39-,47-45-,53-51-,54-52+,62-60+. The Bertz CT molecular complexity index is 2400. The number of amides is 1. The Morgan fingerprint density at radius 3 is 1.08 bits per heavy atom. The van der Waals surface area contributed by atoms with Crippen molar-refractivity contribution >= 4 is 5.91 Å². The lowest BCUT2D eigenvalue weighted by atomic mass is 9.96. The molecule has 3 fully saturated rings. The molecule has 3 aliphatic heterocycles. The second-order valence-corrected chi connectivity index (χ2v) is 28.1. The normalized spacial score (nSPS) is 26.6. The van der Waals surface area contributed by atoms with Crippen LogP contribution in [0.4, 0.5) is 0 Å². The Morgan fingerprint density at radius 2 is 0.673 bits per heavy atom. The van der Waals surface area contributed by atoms with E-state index in [1.165, 1.54) is 135 Å². The molecule has 3 rings (SSSR count). The minimum Gasteiger partial charge on any atom is -0.394 e. The first-order valence-corrected chi connectivity index (χ1v) is 40.4. The fourth-order valence-electron chi connectivity index (χ4n) is 12.7. The van der Waals surface area contributed by atoms with Crippen molar-refractivity contribution in [2.45, 2.75) is 369 Å². The van der Waals surface area contributed by atoms with Gasteiger partial charge in [0, 0.05) is 6.42 Å². The summed E-state index contributed by atoms with van der Waals surface area (Å²) in [5.74, 6) is -0.321. The van der Waals surface area contributed by atoms with Gasteiger partial charge >= 0.3 is 0 Å². The summed E-state index contributed by atoms with van der Waals surface area (Å²) >= 11 is 0. The van der Waals surface area contributed by atoms with Crippen LogP contribution in [0, 0.1) is 0 Å². The molecule has 0 aliphatic carbocycles. The lowest BCUT2D eigenvalue weighted by Gasteiger charge is -2.48. The molecule has 19 heteroatoms. The Labute approximate surface area is 626 Å². The van der Waals surface area contributed by atoms with E-state index in [1.807, 2.05) is 6.08 Å². The minimum atomic E-state index is -1.99. The molecule has 17 unspecified atom stereocenters. The van der Waals surface area contributed by atoms with Gasteiger partial charge in [0.1, 0.15) is 73.2 Å². The molecule has 0 spiro atoms. The highest BCUT2D eigenvalue weighted by molar-refractivity contribution is 5.76. The number of aliphatic hydroxyl groups excluding tert-OH is 11. The van der Waals surface area contributed by atoms with Crippen LogP contribution in [0.15, 0.2) is 134 Å². The average Bonchev–Trinajstić information content (AvgIpc) is 0.783. The van der Waals surface area contributed by atoms with Gasteiger partial charge in [-0.2, -0.15) is 0 Å². The number of ether oxygens (including phenoxy) is 6. The van der Waals surface area contributed by atoms with Gasteiger partial charge in [-0.25, -0.2) is 0 Å². The summed E-state index contributed by atoms with van der Waals surface area (Å²) < 4.78 is 34.4. The number of carbonyl (C=O) groups excluding carboxylic acids is 1. The largest absolute Gasteiger partial charge is 0.394 e. The van der Waals surface area contributed by atoms with E-state index in [9.17, 15) is 61.0 Å². The molecule has 0 aromatic heterocycles. The van der Waals surface area contributed by atoms with Crippen molar-refractivity contribution < 1.29 is 89.4 Å². The Morgan fingerprint density at radius 1 is 0.356 bits per heavy atom. The molecule has 3 heterocycles. The second-order valence-electron chi connectivity index (χ2n) is 28.1. The lowest BCUT2D eigenvalue weighted by molar-refractivity contribution is -0.379. The number of carbonyl (C=O) groups is 1. The zero-order valence-electron chi connectivity index (χ0n) is 63.7. The smallest absolute Gasteiger partial charge is 0.220 e. The van der Waals surface area contributed by atoms with Gasteiger partial charge in [0.25, 0.3) is 0 Å². The number of hydrogen-bond donors (Lipinski definition) is 12. The van der Waals surface area contributed by atoms with Crippen molar-refractivity contribution in [2.75, 3.05) is 26.4 Å². The van der Waals surface area contributed by atoms with Crippen molar-refractivity contribution in [3.05, 3.63) is 134 Å². The summed E-state index contributed by atoms with van der Waals surface area (Å²) in [5.41, 5.74) is 0. The first-order valence-electron chi connectivity index (χ1n) is 40.4. The van der Waals surface area contributed by atoms with Gasteiger partial charge in [0.15, 0.2) is 18.9 Å². The predicted octanol–water partition coefficient (Wildman–Crippen LogP) is 13.7. The zero-order valence-corrected chi connectivity index (χ0v) is 63.7. The average molecular weight is 1470 g/mol. The second kappa shape index (κ2) is 63.8. The fraction of sp³-hybridized carbons (Fsp3) is 0.729. The Hall–Kier alpha value is -4.07. The monoisotopic (exact) mass is 1470 g/mol. The predicted molar refractivity (Wildman–Crippen MR) is 415 cm³/mol. The number of hydrogen-bond acceptors (Lipinski definition) is 18.